The number of nitrogens with zero attached hydrogens (tertiary/aromatic N) is 1. The zero-order valence-corrected chi connectivity index (χ0v) is 10.7. The molecule has 0 aliphatic carbocycles. The largest absolute Gasteiger partial charge is 0.326 e. The molecule has 0 heterocycles. The summed E-state index contributed by atoms with van der Waals surface area (Å²) in [5, 5.41) is 11.4. The Morgan fingerprint density at radius 2 is 2.06 bits per heavy atom. The molecule has 1 aromatic carbocycles. The van der Waals surface area contributed by atoms with Gasteiger partial charge in [-0.05, 0) is 36.4 Å². The summed E-state index contributed by atoms with van der Waals surface area (Å²) in [6, 6.07) is 8.92. The molecular weight excluding hydrogens is 232 g/mol. The first-order valence-corrected chi connectivity index (χ1v) is 6.79. The molecule has 0 saturated carbocycles. The third kappa shape index (κ3) is 5.41. The molecule has 0 unspecified atom stereocenters. The lowest BCUT2D eigenvalue weighted by Gasteiger charge is -2.04. The summed E-state index contributed by atoms with van der Waals surface area (Å²) in [6.45, 7) is 2.13. The van der Waals surface area contributed by atoms with Gasteiger partial charge in [-0.25, -0.2) is 0 Å². The normalized spacial score (nSPS) is 9.65. The summed E-state index contributed by atoms with van der Waals surface area (Å²) in [7, 11) is 0. The van der Waals surface area contributed by atoms with E-state index in [0.29, 0.717) is 12.0 Å². The second-order valence-electron chi connectivity index (χ2n) is 3.60. The first-order valence-electron chi connectivity index (χ1n) is 5.64. The van der Waals surface area contributed by atoms with Crippen LogP contribution in [0, 0.1) is 11.3 Å². The number of anilines is 1. The van der Waals surface area contributed by atoms with Gasteiger partial charge in [0.05, 0.1) is 11.6 Å². The molecule has 0 bridgehead atoms. The molecule has 3 nitrogen and oxygen atoms in total. The summed E-state index contributed by atoms with van der Waals surface area (Å²) < 4.78 is 0. The Balaban J connectivity index is 2.32. The molecular formula is C13H16N2OS. The van der Waals surface area contributed by atoms with E-state index in [1.165, 1.54) is 0 Å². The number of carbonyl (C=O) groups excluding carboxylic acids is 1. The standard InChI is InChI=1S/C13H16N2OS/c1-2-8-17-9-7-13(16)15-12-5-3-11(10-14)4-6-12/h3-6H,2,7-9H2,1H3,(H,15,16). The third-order valence-corrected chi connectivity index (χ3v) is 3.31. The fraction of sp³-hybridized carbons (Fsp3) is 0.385. The molecule has 0 aliphatic rings. The van der Waals surface area contributed by atoms with Crippen molar-refractivity contribution in [1.82, 2.24) is 0 Å². The zero-order valence-electron chi connectivity index (χ0n) is 9.90. The van der Waals surface area contributed by atoms with Gasteiger partial charge in [-0.3, -0.25) is 4.79 Å². The number of hydrogen-bond acceptors (Lipinski definition) is 3. The SMILES string of the molecule is CCCSCCC(=O)Nc1ccc(C#N)cc1. The van der Waals surface area contributed by atoms with Crippen LogP contribution in [-0.4, -0.2) is 17.4 Å². The van der Waals surface area contributed by atoms with E-state index < -0.39 is 0 Å². The van der Waals surface area contributed by atoms with Gasteiger partial charge < -0.3 is 5.32 Å². The highest BCUT2D eigenvalue weighted by atomic mass is 32.2. The molecule has 0 aliphatic heterocycles. The number of amides is 1. The zero-order chi connectivity index (χ0) is 12.5. The summed E-state index contributed by atoms with van der Waals surface area (Å²) in [5.74, 6) is 1.98. The summed E-state index contributed by atoms with van der Waals surface area (Å²) in [6.07, 6.45) is 1.67. The Morgan fingerprint density at radius 1 is 1.35 bits per heavy atom. The van der Waals surface area contributed by atoms with Crippen molar-refractivity contribution in [2.75, 3.05) is 16.8 Å². The van der Waals surface area contributed by atoms with E-state index >= 15 is 0 Å². The van der Waals surface area contributed by atoms with Crippen molar-refractivity contribution >= 4 is 23.4 Å². The van der Waals surface area contributed by atoms with Crippen LogP contribution in [0.1, 0.15) is 25.3 Å². The van der Waals surface area contributed by atoms with Crippen molar-refractivity contribution in [3.63, 3.8) is 0 Å². The van der Waals surface area contributed by atoms with Crippen molar-refractivity contribution in [2.24, 2.45) is 0 Å². The first-order chi connectivity index (χ1) is 8.26. The minimum absolute atomic E-state index is 0.0262. The van der Waals surface area contributed by atoms with Gasteiger partial charge in [0.15, 0.2) is 0 Å². The minimum Gasteiger partial charge on any atom is -0.326 e. The van der Waals surface area contributed by atoms with Gasteiger partial charge in [-0.1, -0.05) is 6.92 Å². The maximum atomic E-state index is 11.5. The number of rotatable bonds is 6. The van der Waals surface area contributed by atoms with E-state index in [9.17, 15) is 4.79 Å². The highest BCUT2D eigenvalue weighted by molar-refractivity contribution is 7.99. The van der Waals surface area contributed by atoms with Crippen LogP contribution in [-0.2, 0) is 4.79 Å². The average molecular weight is 248 g/mol. The summed E-state index contributed by atoms with van der Waals surface area (Å²) >= 11 is 1.79. The smallest absolute Gasteiger partial charge is 0.225 e. The van der Waals surface area contributed by atoms with Crippen LogP contribution >= 0.6 is 11.8 Å². The van der Waals surface area contributed by atoms with Crippen LogP contribution in [0.2, 0.25) is 0 Å². The van der Waals surface area contributed by atoms with Gasteiger partial charge in [-0.2, -0.15) is 17.0 Å². The van der Waals surface area contributed by atoms with Crippen LogP contribution in [0.4, 0.5) is 5.69 Å². The Morgan fingerprint density at radius 3 is 2.65 bits per heavy atom. The van der Waals surface area contributed by atoms with Crippen molar-refractivity contribution in [2.45, 2.75) is 19.8 Å². The highest BCUT2D eigenvalue weighted by Crippen LogP contribution is 2.10. The van der Waals surface area contributed by atoms with Crippen molar-refractivity contribution in [3.05, 3.63) is 29.8 Å². The van der Waals surface area contributed by atoms with E-state index in [1.807, 2.05) is 6.07 Å². The summed E-state index contributed by atoms with van der Waals surface area (Å²) in [5.41, 5.74) is 1.34. The van der Waals surface area contributed by atoms with Gasteiger partial charge in [0.2, 0.25) is 5.91 Å². The van der Waals surface area contributed by atoms with Gasteiger partial charge in [-0.15, -0.1) is 0 Å². The number of carbonyl (C=O) groups is 1. The molecule has 1 N–H and O–H groups in total. The lowest BCUT2D eigenvalue weighted by atomic mass is 10.2. The molecule has 0 saturated heterocycles. The van der Waals surface area contributed by atoms with E-state index in [-0.39, 0.29) is 5.91 Å². The molecule has 0 radical (unpaired) electrons. The lowest BCUT2D eigenvalue weighted by Crippen LogP contribution is -2.12. The fourth-order valence-electron chi connectivity index (χ4n) is 1.26. The molecule has 4 heteroatoms. The van der Waals surface area contributed by atoms with Crippen molar-refractivity contribution in [1.29, 1.82) is 5.26 Å². The molecule has 17 heavy (non-hydrogen) atoms. The first kappa shape index (κ1) is 13.6. The molecule has 90 valence electrons. The number of hydrogen-bond donors (Lipinski definition) is 1. The van der Waals surface area contributed by atoms with Gasteiger partial charge in [0, 0.05) is 17.9 Å². The van der Waals surface area contributed by atoms with E-state index in [1.54, 1.807) is 36.0 Å². The molecule has 0 aromatic heterocycles. The summed E-state index contributed by atoms with van der Waals surface area (Å²) in [4.78, 5) is 11.5. The van der Waals surface area contributed by atoms with E-state index in [0.717, 1.165) is 23.6 Å². The van der Waals surface area contributed by atoms with Crippen LogP contribution in [0.15, 0.2) is 24.3 Å². The second kappa shape index (κ2) is 7.75. The highest BCUT2D eigenvalue weighted by Gasteiger charge is 2.02. The average Bonchev–Trinajstić information content (AvgIpc) is 2.36. The molecule has 1 rings (SSSR count). The molecule has 1 amide bonds. The van der Waals surface area contributed by atoms with Crippen LogP contribution in [0.3, 0.4) is 0 Å². The number of nitrogens with one attached hydrogen (secondary N) is 1. The maximum Gasteiger partial charge on any atom is 0.225 e. The minimum atomic E-state index is 0.0262. The van der Waals surface area contributed by atoms with Crippen molar-refractivity contribution < 1.29 is 4.79 Å². The Kier molecular flexibility index (Phi) is 6.19. The number of thioether (sulfide) groups is 1. The molecule has 0 atom stereocenters. The number of nitriles is 1. The predicted molar refractivity (Wildman–Crippen MR) is 72.0 cm³/mol. The Labute approximate surface area is 106 Å². The van der Waals surface area contributed by atoms with Crippen LogP contribution in [0.25, 0.3) is 0 Å². The Hall–Kier alpha value is -1.47. The third-order valence-electron chi connectivity index (χ3n) is 2.12. The predicted octanol–water partition coefficient (Wildman–Crippen LogP) is 3.03. The van der Waals surface area contributed by atoms with E-state index in [4.69, 9.17) is 5.26 Å². The quantitative estimate of drug-likeness (QED) is 0.787. The Bertz CT molecular complexity index is 395. The fourth-order valence-corrected chi connectivity index (χ4v) is 2.09. The van der Waals surface area contributed by atoms with Gasteiger partial charge in [0.1, 0.15) is 0 Å². The van der Waals surface area contributed by atoms with Crippen LogP contribution in [0.5, 0.6) is 0 Å². The molecule has 0 fully saturated rings. The van der Waals surface area contributed by atoms with Gasteiger partial charge in [0.25, 0.3) is 0 Å². The topological polar surface area (TPSA) is 52.9 Å². The molecule has 1 aromatic rings. The molecule has 0 spiro atoms. The van der Waals surface area contributed by atoms with Crippen molar-refractivity contribution in [3.8, 4) is 6.07 Å². The monoisotopic (exact) mass is 248 g/mol. The maximum absolute atomic E-state index is 11.5. The van der Waals surface area contributed by atoms with Gasteiger partial charge >= 0.3 is 0 Å². The van der Waals surface area contributed by atoms with Crippen LogP contribution < -0.4 is 5.32 Å². The number of benzene rings is 1. The lowest BCUT2D eigenvalue weighted by molar-refractivity contribution is -0.115. The second-order valence-corrected chi connectivity index (χ2v) is 4.82. The van der Waals surface area contributed by atoms with E-state index in [2.05, 4.69) is 12.2 Å².